The zero-order chi connectivity index (χ0) is 14.5. The van der Waals surface area contributed by atoms with Crippen LogP contribution in [-0.4, -0.2) is 20.5 Å². The maximum atomic E-state index is 12.2. The standard InChI is InChI=1S/C15H11N3O2S/c19-15(20-10-11-5-2-1-3-6-11)14-13(17-18-21-14)12-7-4-8-16-9-12/h1-9H,10H2. The van der Waals surface area contributed by atoms with Crippen molar-refractivity contribution in [1.82, 2.24) is 14.6 Å². The molecule has 2 heterocycles. The van der Waals surface area contributed by atoms with Crippen molar-refractivity contribution in [2.24, 2.45) is 0 Å². The smallest absolute Gasteiger partial charge is 0.352 e. The van der Waals surface area contributed by atoms with Gasteiger partial charge in [0, 0.05) is 18.0 Å². The molecule has 0 radical (unpaired) electrons. The molecule has 1 aromatic carbocycles. The van der Waals surface area contributed by atoms with Crippen molar-refractivity contribution in [3.63, 3.8) is 0 Å². The van der Waals surface area contributed by atoms with Crippen LogP contribution < -0.4 is 0 Å². The summed E-state index contributed by atoms with van der Waals surface area (Å²) in [5.74, 6) is -0.423. The van der Waals surface area contributed by atoms with Gasteiger partial charge in [0.1, 0.15) is 12.3 Å². The average Bonchev–Trinajstić information content (AvgIpc) is 3.04. The van der Waals surface area contributed by atoms with Gasteiger partial charge in [0.2, 0.25) is 0 Å². The quantitative estimate of drug-likeness (QED) is 0.693. The van der Waals surface area contributed by atoms with E-state index in [0.717, 1.165) is 22.7 Å². The molecular formula is C15H11N3O2S. The van der Waals surface area contributed by atoms with Crippen molar-refractivity contribution >= 4 is 17.5 Å². The molecule has 2 aromatic heterocycles. The summed E-state index contributed by atoms with van der Waals surface area (Å²) in [4.78, 5) is 16.6. The van der Waals surface area contributed by atoms with E-state index in [1.165, 1.54) is 0 Å². The summed E-state index contributed by atoms with van der Waals surface area (Å²) in [6.45, 7) is 0.226. The zero-order valence-corrected chi connectivity index (χ0v) is 11.8. The molecule has 0 N–H and O–H groups in total. The predicted octanol–water partition coefficient (Wildman–Crippen LogP) is 2.96. The molecule has 3 aromatic rings. The van der Waals surface area contributed by atoms with Gasteiger partial charge < -0.3 is 4.74 Å². The molecule has 0 unspecified atom stereocenters. The molecule has 0 aliphatic rings. The van der Waals surface area contributed by atoms with E-state index in [0.29, 0.717) is 10.6 Å². The highest BCUT2D eigenvalue weighted by Crippen LogP contribution is 2.23. The number of rotatable bonds is 4. The largest absolute Gasteiger partial charge is 0.457 e. The Morgan fingerprint density at radius 1 is 1.14 bits per heavy atom. The fourth-order valence-electron chi connectivity index (χ4n) is 1.80. The highest BCUT2D eigenvalue weighted by atomic mass is 32.1. The molecule has 0 bridgehead atoms. The Bertz CT molecular complexity index is 729. The van der Waals surface area contributed by atoms with E-state index in [-0.39, 0.29) is 6.61 Å². The molecule has 0 aliphatic heterocycles. The van der Waals surface area contributed by atoms with Crippen LogP contribution in [0.25, 0.3) is 11.3 Å². The first-order valence-corrected chi connectivity index (χ1v) is 7.06. The number of pyridine rings is 1. The van der Waals surface area contributed by atoms with Crippen LogP contribution in [0.15, 0.2) is 54.9 Å². The Labute approximate surface area is 125 Å². The van der Waals surface area contributed by atoms with Crippen LogP contribution in [0.1, 0.15) is 15.2 Å². The predicted molar refractivity (Wildman–Crippen MR) is 78.7 cm³/mol. The Morgan fingerprint density at radius 2 is 2.00 bits per heavy atom. The molecule has 0 amide bonds. The summed E-state index contributed by atoms with van der Waals surface area (Å²) >= 11 is 1.02. The van der Waals surface area contributed by atoms with E-state index < -0.39 is 5.97 Å². The van der Waals surface area contributed by atoms with Gasteiger partial charge in [0.15, 0.2) is 4.88 Å². The zero-order valence-electron chi connectivity index (χ0n) is 11.0. The van der Waals surface area contributed by atoms with Crippen LogP contribution in [-0.2, 0) is 11.3 Å². The maximum absolute atomic E-state index is 12.2. The number of benzene rings is 1. The third kappa shape index (κ3) is 3.11. The summed E-state index contributed by atoms with van der Waals surface area (Å²) in [6.07, 6.45) is 3.31. The molecular weight excluding hydrogens is 286 g/mol. The molecule has 6 heteroatoms. The second kappa shape index (κ2) is 6.23. The van der Waals surface area contributed by atoms with Crippen LogP contribution in [0, 0.1) is 0 Å². The van der Waals surface area contributed by atoms with Crippen LogP contribution >= 0.6 is 11.5 Å². The number of carbonyl (C=O) groups is 1. The summed E-state index contributed by atoms with van der Waals surface area (Å²) in [6, 6.07) is 13.1. The van der Waals surface area contributed by atoms with Crippen molar-refractivity contribution in [3.05, 3.63) is 65.3 Å². The van der Waals surface area contributed by atoms with Gasteiger partial charge >= 0.3 is 5.97 Å². The first-order chi connectivity index (χ1) is 10.3. The highest BCUT2D eigenvalue weighted by Gasteiger charge is 2.19. The van der Waals surface area contributed by atoms with Gasteiger partial charge in [-0.1, -0.05) is 34.8 Å². The van der Waals surface area contributed by atoms with Crippen molar-refractivity contribution in [2.45, 2.75) is 6.61 Å². The van der Waals surface area contributed by atoms with Crippen LogP contribution in [0.3, 0.4) is 0 Å². The summed E-state index contributed by atoms with van der Waals surface area (Å²) in [5.41, 5.74) is 2.19. The van der Waals surface area contributed by atoms with Crippen LogP contribution in [0.2, 0.25) is 0 Å². The minimum atomic E-state index is -0.423. The van der Waals surface area contributed by atoms with Gasteiger partial charge in [-0.2, -0.15) is 0 Å². The highest BCUT2D eigenvalue weighted by molar-refractivity contribution is 7.08. The molecule has 0 fully saturated rings. The number of aromatic nitrogens is 3. The lowest BCUT2D eigenvalue weighted by Gasteiger charge is -2.04. The van der Waals surface area contributed by atoms with E-state index in [9.17, 15) is 4.79 Å². The number of ether oxygens (including phenoxy) is 1. The van der Waals surface area contributed by atoms with Gasteiger partial charge in [-0.3, -0.25) is 4.98 Å². The first kappa shape index (κ1) is 13.4. The lowest BCUT2D eigenvalue weighted by Crippen LogP contribution is -2.05. The molecule has 3 rings (SSSR count). The fourth-order valence-corrected chi connectivity index (χ4v) is 2.39. The van der Waals surface area contributed by atoms with Crippen molar-refractivity contribution in [3.8, 4) is 11.3 Å². The van der Waals surface area contributed by atoms with Gasteiger partial charge in [0.05, 0.1) is 0 Å². The summed E-state index contributed by atoms with van der Waals surface area (Å²) < 4.78 is 9.14. The maximum Gasteiger partial charge on any atom is 0.352 e. The SMILES string of the molecule is O=C(OCc1ccccc1)c1snnc1-c1cccnc1. The Balaban J connectivity index is 1.76. The van der Waals surface area contributed by atoms with Gasteiger partial charge in [-0.15, -0.1) is 5.10 Å². The molecule has 0 saturated carbocycles. The Morgan fingerprint density at radius 3 is 2.76 bits per heavy atom. The molecule has 104 valence electrons. The van der Waals surface area contributed by atoms with Crippen molar-refractivity contribution < 1.29 is 9.53 Å². The Hall–Kier alpha value is -2.60. The van der Waals surface area contributed by atoms with E-state index in [2.05, 4.69) is 14.6 Å². The Kier molecular flexibility index (Phi) is 3.97. The summed E-state index contributed by atoms with van der Waals surface area (Å²) in [5, 5.41) is 3.99. The van der Waals surface area contributed by atoms with Crippen LogP contribution in [0.4, 0.5) is 0 Å². The molecule has 0 aliphatic carbocycles. The van der Waals surface area contributed by atoms with E-state index in [1.54, 1.807) is 18.5 Å². The van der Waals surface area contributed by atoms with Crippen LogP contribution in [0.5, 0.6) is 0 Å². The van der Waals surface area contributed by atoms with Gasteiger partial charge in [0.25, 0.3) is 0 Å². The molecule has 5 nitrogen and oxygen atoms in total. The second-order valence-corrected chi connectivity index (χ2v) is 5.01. The number of nitrogens with zero attached hydrogens (tertiary/aromatic N) is 3. The van der Waals surface area contributed by atoms with Crippen molar-refractivity contribution in [2.75, 3.05) is 0 Å². The number of esters is 1. The molecule has 0 saturated heterocycles. The van der Waals surface area contributed by atoms with E-state index in [4.69, 9.17) is 4.74 Å². The first-order valence-electron chi connectivity index (χ1n) is 6.28. The van der Waals surface area contributed by atoms with E-state index in [1.807, 2.05) is 36.4 Å². The number of hydrogen-bond acceptors (Lipinski definition) is 6. The van der Waals surface area contributed by atoms with Gasteiger partial charge in [-0.05, 0) is 29.2 Å². The third-order valence-corrected chi connectivity index (χ3v) is 3.53. The average molecular weight is 297 g/mol. The minimum Gasteiger partial charge on any atom is -0.457 e. The summed E-state index contributed by atoms with van der Waals surface area (Å²) in [7, 11) is 0. The topological polar surface area (TPSA) is 65.0 Å². The second-order valence-electron chi connectivity index (χ2n) is 4.25. The molecule has 0 spiro atoms. The molecule has 0 atom stereocenters. The monoisotopic (exact) mass is 297 g/mol. The van der Waals surface area contributed by atoms with Gasteiger partial charge in [-0.25, -0.2) is 4.79 Å². The lowest BCUT2D eigenvalue weighted by atomic mass is 10.2. The normalized spacial score (nSPS) is 10.3. The lowest BCUT2D eigenvalue weighted by molar-refractivity contribution is 0.0479. The number of hydrogen-bond donors (Lipinski definition) is 0. The minimum absolute atomic E-state index is 0.226. The number of carbonyl (C=O) groups excluding carboxylic acids is 1. The van der Waals surface area contributed by atoms with Crippen molar-refractivity contribution in [1.29, 1.82) is 0 Å². The van der Waals surface area contributed by atoms with E-state index >= 15 is 0 Å². The molecule has 21 heavy (non-hydrogen) atoms. The third-order valence-electron chi connectivity index (χ3n) is 2.82. The fraction of sp³-hybridized carbons (Fsp3) is 0.0667.